The van der Waals surface area contributed by atoms with Gasteiger partial charge in [-0.15, -0.1) is 0 Å². The molecule has 0 aliphatic carbocycles. The Morgan fingerprint density at radius 2 is 1.47 bits per heavy atom. The number of hydrogen-bond donors (Lipinski definition) is 0. The summed E-state index contributed by atoms with van der Waals surface area (Å²) >= 11 is 23.8. The quantitative estimate of drug-likeness (QED) is 0.631. The van der Waals surface area contributed by atoms with Crippen molar-refractivity contribution >= 4 is 52.2 Å². The molecule has 0 saturated carbocycles. The van der Waals surface area contributed by atoms with Crippen molar-refractivity contribution in [2.24, 2.45) is 0 Å². The standard InChI is InChI=1S/C14H8Cl4O/c1-7-11(4-9(16)6-12(7)17)14(19)10-3-2-8(15)5-13(10)18/h2-6H,1H3. The Morgan fingerprint density at radius 3 is 2.11 bits per heavy atom. The van der Waals surface area contributed by atoms with Crippen LogP contribution in [0.2, 0.25) is 20.1 Å². The maximum Gasteiger partial charge on any atom is 0.194 e. The van der Waals surface area contributed by atoms with Crippen molar-refractivity contribution in [3.05, 3.63) is 67.1 Å². The number of ketones is 1. The van der Waals surface area contributed by atoms with Crippen LogP contribution in [0, 0.1) is 6.92 Å². The summed E-state index contributed by atoms with van der Waals surface area (Å²) in [5, 5.41) is 1.63. The Hall–Kier alpha value is -0.730. The predicted octanol–water partition coefficient (Wildman–Crippen LogP) is 5.84. The fourth-order valence-electron chi connectivity index (χ4n) is 1.70. The zero-order chi connectivity index (χ0) is 14.2. The second kappa shape index (κ2) is 5.72. The molecule has 0 aliphatic heterocycles. The monoisotopic (exact) mass is 332 g/mol. The molecule has 0 fully saturated rings. The molecule has 0 atom stereocenters. The van der Waals surface area contributed by atoms with E-state index in [1.807, 2.05) is 0 Å². The van der Waals surface area contributed by atoms with Crippen LogP contribution in [0.15, 0.2) is 30.3 Å². The van der Waals surface area contributed by atoms with E-state index in [4.69, 9.17) is 46.4 Å². The van der Waals surface area contributed by atoms with Crippen LogP contribution in [0.3, 0.4) is 0 Å². The molecule has 98 valence electrons. The normalized spacial score (nSPS) is 10.6. The van der Waals surface area contributed by atoms with E-state index < -0.39 is 0 Å². The van der Waals surface area contributed by atoms with Crippen LogP contribution < -0.4 is 0 Å². The fraction of sp³-hybridized carbons (Fsp3) is 0.0714. The summed E-state index contributed by atoms with van der Waals surface area (Å²) in [5.41, 5.74) is 1.47. The lowest BCUT2D eigenvalue weighted by molar-refractivity contribution is 0.103. The summed E-state index contributed by atoms with van der Waals surface area (Å²) in [6.07, 6.45) is 0. The summed E-state index contributed by atoms with van der Waals surface area (Å²) < 4.78 is 0. The van der Waals surface area contributed by atoms with Gasteiger partial charge in [0.15, 0.2) is 5.78 Å². The third kappa shape index (κ3) is 3.06. The highest BCUT2D eigenvalue weighted by Crippen LogP contribution is 2.29. The lowest BCUT2D eigenvalue weighted by atomic mass is 9.99. The van der Waals surface area contributed by atoms with Crippen molar-refractivity contribution < 1.29 is 4.79 Å². The van der Waals surface area contributed by atoms with E-state index in [-0.39, 0.29) is 5.78 Å². The smallest absolute Gasteiger partial charge is 0.194 e. The van der Waals surface area contributed by atoms with Crippen LogP contribution in [0.25, 0.3) is 0 Å². The molecule has 0 amide bonds. The third-order valence-electron chi connectivity index (χ3n) is 2.73. The summed E-state index contributed by atoms with van der Waals surface area (Å²) in [6, 6.07) is 7.90. The molecular formula is C14H8Cl4O. The van der Waals surface area contributed by atoms with Gasteiger partial charge >= 0.3 is 0 Å². The first-order chi connectivity index (χ1) is 8.90. The number of benzene rings is 2. The molecule has 5 heteroatoms. The molecule has 0 N–H and O–H groups in total. The Labute approximate surface area is 131 Å². The number of rotatable bonds is 2. The summed E-state index contributed by atoms with van der Waals surface area (Å²) in [4.78, 5) is 12.5. The minimum Gasteiger partial charge on any atom is -0.289 e. The summed E-state index contributed by atoms with van der Waals surface area (Å²) in [6.45, 7) is 1.76. The first-order valence-corrected chi connectivity index (χ1v) is 6.86. The molecule has 0 saturated heterocycles. The van der Waals surface area contributed by atoms with E-state index in [2.05, 4.69) is 0 Å². The number of halogens is 4. The largest absolute Gasteiger partial charge is 0.289 e. The molecule has 0 bridgehead atoms. The Kier molecular flexibility index (Phi) is 4.42. The highest BCUT2D eigenvalue weighted by atomic mass is 35.5. The fourth-order valence-corrected chi connectivity index (χ4v) is 2.69. The Bertz CT molecular complexity index is 665. The van der Waals surface area contributed by atoms with Gasteiger partial charge < -0.3 is 0 Å². The van der Waals surface area contributed by atoms with Crippen LogP contribution in [-0.2, 0) is 0 Å². The maximum absolute atomic E-state index is 12.5. The Balaban J connectivity index is 2.56. The average molecular weight is 334 g/mol. The average Bonchev–Trinajstić information content (AvgIpc) is 2.33. The molecule has 0 spiro atoms. The summed E-state index contributed by atoms with van der Waals surface area (Å²) in [7, 11) is 0. The SMILES string of the molecule is Cc1c(Cl)cc(Cl)cc1C(=O)c1ccc(Cl)cc1Cl. The molecule has 2 aromatic rings. The molecule has 0 aliphatic rings. The summed E-state index contributed by atoms with van der Waals surface area (Å²) in [5.74, 6) is -0.233. The molecule has 0 heterocycles. The maximum atomic E-state index is 12.5. The lowest BCUT2D eigenvalue weighted by Crippen LogP contribution is -2.05. The number of hydrogen-bond acceptors (Lipinski definition) is 1. The van der Waals surface area contributed by atoms with Gasteiger partial charge in [-0.05, 0) is 42.8 Å². The van der Waals surface area contributed by atoms with Crippen LogP contribution in [-0.4, -0.2) is 5.78 Å². The molecule has 19 heavy (non-hydrogen) atoms. The zero-order valence-corrected chi connectivity index (χ0v) is 12.8. The topological polar surface area (TPSA) is 17.1 Å². The van der Waals surface area contributed by atoms with Crippen molar-refractivity contribution in [2.75, 3.05) is 0 Å². The van der Waals surface area contributed by atoms with Crippen LogP contribution in [0.1, 0.15) is 21.5 Å². The Morgan fingerprint density at radius 1 is 0.842 bits per heavy atom. The predicted molar refractivity (Wildman–Crippen MR) is 81.1 cm³/mol. The molecular weight excluding hydrogens is 326 g/mol. The zero-order valence-electron chi connectivity index (χ0n) is 9.81. The first-order valence-electron chi connectivity index (χ1n) is 5.35. The van der Waals surface area contributed by atoms with Crippen molar-refractivity contribution in [2.45, 2.75) is 6.92 Å². The van der Waals surface area contributed by atoms with Gasteiger partial charge in [-0.25, -0.2) is 0 Å². The van der Waals surface area contributed by atoms with E-state index in [0.29, 0.717) is 36.8 Å². The highest BCUT2D eigenvalue weighted by molar-refractivity contribution is 6.39. The van der Waals surface area contributed by atoms with Gasteiger partial charge in [0.1, 0.15) is 0 Å². The van der Waals surface area contributed by atoms with Gasteiger partial charge in [0.25, 0.3) is 0 Å². The number of carbonyl (C=O) groups excluding carboxylic acids is 1. The third-order valence-corrected chi connectivity index (χ3v) is 3.89. The van der Waals surface area contributed by atoms with Gasteiger partial charge in [-0.2, -0.15) is 0 Å². The van der Waals surface area contributed by atoms with E-state index in [1.165, 1.54) is 6.07 Å². The van der Waals surface area contributed by atoms with Gasteiger partial charge in [-0.1, -0.05) is 46.4 Å². The molecule has 1 nitrogen and oxygen atoms in total. The van der Waals surface area contributed by atoms with Gasteiger partial charge in [-0.3, -0.25) is 4.79 Å². The lowest BCUT2D eigenvalue weighted by Gasteiger charge is -2.09. The van der Waals surface area contributed by atoms with E-state index >= 15 is 0 Å². The molecule has 0 radical (unpaired) electrons. The second-order valence-electron chi connectivity index (χ2n) is 4.01. The highest BCUT2D eigenvalue weighted by Gasteiger charge is 2.17. The number of carbonyl (C=O) groups is 1. The molecule has 2 aromatic carbocycles. The van der Waals surface area contributed by atoms with Crippen molar-refractivity contribution in [1.29, 1.82) is 0 Å². The minimum atomic E-state index is -0.233. The van der Waals surface area contributed by atoms with Crippen LogP contribution in [0.5, 0.6) is 0 Å². The van der Waals surface area contributed by atoms with Gasteiger partial charge in [0.05, 0.1) is 5.02 Å². The van der Waals surface area contributed by atoms with E-state index in [0.717, 1.165) is 0 Å². The van der Waals surface area contributed by atoms with Gasteiger partial charge in [0.2, 0.25) is 0 Å². The minimum absolute atomic E-state index is 0.233. The molecule has 0 aromatic heterocycles. The second-order valence-corrected chi connectivity index (χ2v) is 5.70. The first kappa shape index (κ1) is 14.7. The van der Waals surface area contributed by atoms with Crippen molar-refractivity contribution in [3.8, 4) is 0 Å². The van der Waals surface area contributed by atoms with Gasteiger partial charge in [0, 0.05) is 26.2 Å². The molecule has 2 rings (SSSR count). The van der Waals surface area contributed by atoms with E-state index in [1.54, 1.807) is 31.2 Å². The van der Waals surface area contributed by atoms with Crippen LogP contribution in [0.4, 0.5) is 0 Å². The van der Waals surface area contributed by atoms with E-state index in [9.17, 15) is 4.79 Å². The molecule has 0 unspecified atom stereocenters. The van der Waals surface area contributed by atoms with Crippen LogP contribution >= 0.6 is 46.4 Å². The van der Waals surface area contributed by atoms with Crippen molar-refractivity contribution in [3.63, 3.8) is 0 Å². The van der Waals surface area contributed by atoms with Crippen molar-refractivity contribution in [1.82, 2.24) is 0 Å².